The molecule has 0 bridgehead atoms. The van der Waals surface area contributed by atoms with Crippen molar-refractivity contribution in [3.63, 3.8) is 0 Å². The Bertz CT molecular complexity index is 684. The van der Waals surface area contributed by atoms with Crippen LogP contribution in [0.5, 0.6) is 0 Å². The quantitative estimate of drug-likeness (QED) is 0.855. The molecular weight excluding hydrogens is 307 g/mol. The van der Waals surface area contributed by atoms with Crippen LogP contribution in [0.25, 0.3) is 0 Å². The molecule has 1 aliphatic carbocycles. The van der Waals surface area contributed by atoms with Gasteiger partial charge in [-0.1, -0.05) is 31.0 Å². The monoisotopic (exact) mass is 328 g/mol. The van der Waals surface area contributed by atoms with Crippen molar-refractivity contribution < 1.29 is 9.18 Å². The Hall–Kier alpha value is -2.50. The van der Waals surface area contributed by atoms with Gasteiger partial charge in [-0.05, 0) is 30.9 Å². The number of nitrogens with one attached hydrogen (secondary N) is 2. The number of hydrogen-bond acceptors (Lipinski definition) is 4. The highest BCUT2D eigenvalue weighted by molar-refractivity contribution is 5.93. The third-order valence-corrected chi connectivity index (χ3v) is 4.24. The van der Waals surface area contributed by atoms with E-state index in [1.54, 1.807) is 12.1 Å². The van der Waals surface area contributed by atoms with Gasteiger partial charge in [0.05, 0.1) is 5.56 Å². The lowest BCUT2D eigenvalue weighted by Crippen LogP contribution is -2.32. The average Bonchev–Trinajstić information content (AvgIpc) is 3.10. The van der Waals surface area contributed by atoms with E-state index in [0.29, 0.717) is 30.0 Å². The lowest BCUT2D eigenvalue weighted by molar-refractivity contribution is 0.0937. The maximum Gasteiger partial charge on any atom is 0.254 e. The molecule has 1 aromatic heterocycles. The number of benzene rings is 1. The Balaban J connectivity index is 1.49. The van der Waals surface area contributed by atoms with Gasteiger partial charge in [-0.2, -0.15) is 0 Å². The first-order valence-electron chi connectivity index (χ1n) is 8.32. The number of nitrogens with zero attached hydrogens (tertiary/aromatic N) is 2. The van der Waals surface area contributed by atoms with Gasteiger partial charge in [0.25, 0.3) is 5.91 Å². The number of anilines is 1. The van der Waals surface area contributed by atoms with E-state index in [2.05, 4.69) is 20.6 Å². The summed E-state index contributed by atoms with van der Waals surface area (Å²) in [6, 6.07) is 6.96. The Morgan fingerprint density at radius 1 is 1.17 bits per heavy atom. The molecule has 1 aliphatic rings. The minimum Gasteiger partial charge on any atom is -0.354 e. The van der Waals surface area contributed by atoms with Gasteiger partial charge in [-0.25, -0.2) is 14.4 Å². The van der Waals surface area contributed by atoms with Gasteiger partial charge < -0.3 is 10.6 Å². The maximum absolute atomic E-state index is 13.5. The molecule has 1 aromatic carbocycles. The van der Waals surface area contributed by atoms with E-state index in [-0.39, 0.29) is 17.8 Å². The zero-order valence-electron chi connectivity index (χ0n) is 13.5. The van der Waals surface area contributed by atoms with Crippen molar-refractivity contribution in [2.75, 3.05) is 11.9 Å². The summed E-state index contributed by atoms with van der Waals surface area (Å²) < 4.78 is 13.5. The van der Waals surface area contributed by atoms with Gasteiger partial charge in [-0.3, -0.25) is 4.79 Å². The second-order valence-corrected chi connectivity index (χ2v) is 6.02. The predicted octanol–water partition coefficient (Wildman–Crippen LogP) is 2.94. The first-order chi connectivity index (χ1) is 11.7. The number of halogens is 1. The highest BCUT2D eigenvalue weighted by Gasteiger charge is 2.18. The molecule has 0 saturated heterocycles. The van der Waals surface area contributed by atoms with Crippen molar-refractivity contribution >= 4 is 11.9 Å². The Morgan fingerprint density at radius 2 is 1.88 bits per heavy atom. The van der Waals surface area contributed by atoms with Crippen molar-refractivity contribution in [3.05, 3.63) is 53.6 Å². The summed E-state index contributed by atoms with van der Waals surface area (Å²) in [4.78, 5) is 20.4. The van der Waals surface area contributed by atoms with E-state index in [1.807, 2.05) is 6.07 Å². The first-order valence-corrected chi connectivity index (χ1v) is 8.32. The average molecular weight is 328 g/mol. The van der Waals surface area contributed by atoms with Gasteiger partial charge in [0, 0.05) is 25.0 Å². The first kappa shape index (κ1) is 16.4. The van der Waals surface area contributed by atoms with E-state index in [9.17, 15) is 9.18 Å². The minimum atomic E-state index is -0.209. The molecule has 1 amide bonds. The topological polar surface area (TPSA) is 66.9 Å². The smallest absolute Gasteiger partial charge is 0.254 e. The molecule has 24 heavy (non-hydrogen) atoms. The third-order valence-electron chi connectivity index (χ3n) is 4.24. The number of amides is 1. The van der Waals surface area contributed by atoms with Crippen LogP contribution < -0.4 is 10.6 Å². The van der Waals surface area contributed by atoms with Crippen LogP contribution in [0.2, 0.25) is 0 Å². The largest absolute Gasteiger partial charge is 0.354 e. The van der Waals surface area contributed by atoms with Crippen LogP contribution in [0.15, 0.2) is 36.7 Å². The number of aromatic nitrogens is 2. The molecule has 2 N–H and O–H groups in total. The van der Waals surface area contributed by atoms with Gasteiger partial charge >= 0.3 is 0 Å². The Morgan fingerprint density at radius 3 is 2.58 bits per heavy atom. The molecule has 2 aromatic rings. The van der Waals surface area contributed by atoms with Crippen molar-refractivity contribution in [1.29, 1.82) is 0 Å². The van der Waals surface area contributed by atoms with Crippen LogP contribution >= 0.6 is 0 Å². The second-order valence-electron chi connectivity index (χ2n) is 6.02. The second kappa shape index (κ2) is 7.86. The summed E-state index contributed by atoms with van der Waals surface area (Å²) in [7, 11) is 0. The zero-order valence-corrected chi connectivity index (χ0v) is 13.5. The van der Waals surface area contributed by atoms with Crippen molar-refractivity contribution in [1.82, 2.24) is 15.3 Å². The molecule has 0 spiro atoms. The molecule has 1 heterocycles. The SMILES string of the molecule is O=C(NC1CCCC1)c1cnc(NCCc2ccccc2F)nc1. The molecule has 0 atom stereocenters. The van der Waals surface area contributed by atoms with Gasteiger partial charge in [0.1, 0.15) is 5.82 Å². The molecular formula is C18H21FN4O. The van der Waals surface area contributed by atoms with E-state index < -0.39 is 0 Å². The minimum absolute atomic E-state index is 0.125. The van der Waals surface area contributed by atoms with Crippen LogP contribution in [-0.2, 0) is 6.42 Å². The Labute approximate surface area is 140 Å². The molecule has 0 unspecified atom stereocenters. The summed E-state index contributed by atoms with van der Waals surface area (Å²) in [6.07, 6.45) is 8.01. The highest BCUT2D eigenvalue weighted by atomic mass is 19.1. The summed E-state index contributed by atoms with van der Waals surface area (Å²) in [5.41, 5.74) is 1.11. The van der Waals surface area contributed by atoms with E-state index >= 15 is 0 Å². The Kier molecular flexibility index (Phi) is 5.36. The fraction of sp³-hybridized carbons (Fsp3) is 0.389. The van der Waals surface area contributed by atoms with Crippen LogP contribution in [0, 0.1) is 5.82 Å². The van der Waals surface area contributed by atoms with Gasteiger partial charge in [-0.15, -0.1) is 0 Å². The fourth-order valence-electron chi connectivity index (χ4n) is 2.89. The number of carbonyl (C=O) groups is 1. The molecule has 6 heteroatoms. The zero-order chi connectivity index (χ0) is 16.8. The summed E-state index contributed by atoms with van der Waals surface area (Å²) in [6.45, 7) is 0.522. The van der Waals surface area contributed by atoms with E-state index in [4.69, 9.17) is 0 Å². The highest BCUT2D eigenvalue weighted by Crippen LogP contribution is 2.18. The van der Waals surface area contributed by atoms with Gasteiger partial charge in [0.15, 0.2) is 0 Å². The van der Waals surface area contributed by atoms with Gasteiger partial charge in [0.2, 0.25) is 5.95 Å². The fourth-order valence-corrected chi connectivity index (χ4v) is 2.89. The predicted molar refractivity (Wildman–Crippen MR) is 90.3 cm³/mol. The van der Waals surface area contributed by atoms with Crippen molar-refractivity contribution in [2.45, 2.75) is 38.1 Å². The summed E-state index contributed by atoms with van der Waals surface area (Å²) >= 11 is 0. The molecule has 5 nitrogen and oxygen atoms in total. The summed E-state index contributed by atoms with van der Waals surface area (Å²) in [5, 5.41) is 6.04. The van der Waals surface area contributed by atoms with E-state index in [1.165, 1.54) is 31.3 Å². The van der Waals surface area contributed by atoms with Crippen molar-refractivity contribution in [3.8, 4) is 0 Å². The molecule has 0 radical (unpaired) electrons. The third kappa shape index (κ3) is 4.28. The van der Waals surface area contributed by atoms with Crippen LogP contribution in [0.1, 0.15) is 41.6 Å². The number of hydrogen-bond donors (Lipinski definition) is 2. The normalized spacial score (nSPS) is 14.5. The number of carbonyl (C=O) groups excluding carboxylic acids is 1. The van der Waals surface area contributed by atoms with Crippen molar-refractivity contribution in [2.24, 2.45) is 0 Å². The van der Waals surface area contributed by atoms with Crippen LogP contribution in [-0.4, -0.2) is 28.5 Å². The lowest BCUT2D eigenvalue weighted by Gasteiger charge is -2.11. The molecule has 1 saturated carbocycles. The summed E-state index contributed by atoms with van der Waals surface area (Å²) in [5.74, 6) is 0.0997. The van der Waals surface area contributed by atoms with Crippen LogP contribution in [0.3, 0.4) is 0 Å². The lowest BCUT2D eigenvalue weighted by atomic mass is 10.1. The number of rotatable bonds is 6. The molecule has 3 rings (SSSR count). The van der Waals surface area contributed by atoms with Crippen LogP contribution in [0.4, 0.5) is 10.3 Å². The molecule has 0 aliphatic heterocycles. The van der Waals surface area contributed by atoms with E-state index in [0.717, 1.165) is 12.8 Å². The standard InChI is InChI=1S/C18H21FN4O/c19-16-8-4-1-5-13(16)9-10-20-18-21-11-14(12-22-18)17(24)23-15-6-2-3-7-15/h1,4-5,8,11-12,15H,2-3,6-7,9-10H2,(H,23,24)(H,20,21,22). The maximum atomic E-state index is 13.5. The molecule has 126 valence electrons. The molecule has 1 fully saturated rings.